The quantitative estimate of drug-likeness (QED) is 0.822. The molecule has 5 heteroatoms. The van der Waals surface area contributed by atoms with Gasteiger partial charge in [-0.05, 0) is 42.2 Å². The molecule has 4 rings (SSSR count). The maximum atomic E-state index is 12.8. The molecule has 0 radical (unpaired) electrons. The fraction of sp³-hybridized carbons (Fsp3) is 0.556. The third-order valence-electron chi connectivity index (χ3n) is 5.18. The molecule has 1 aromatic carbocycles. The standard InChI is InChI=1S/C18H23N3OS/c1-17(2)8-12-9-18(3,10-17)11-21(12)16(22)20-15-19-13-6-4-5-7-14(13)23-15/h4-7,12H,8-11H2,1-3H3,(H,19,20,22). The number of urea groups is 1. The minimum Gasteiger partial charge on any atom is -0.321 e. The molecule has 2 fully saturated rings. The van der Waals surface area contributed by atoms with Crippen molar-refractivity contribution in [3.63, 3.8) is 0 Å². The predicted octanol–water partition coefficient (Wildman–Crippen LogP) is 4.73. The molecule has 4 nitrogen and oxygen atoms in total. The Labute approximate surface area is 140 Å². The van der Waals surface area contributed by atoms with Gasteiger partial charge in [0.1, 0.15) is 0 Å². The Kier molecular flexibility index (Phi) is 3.21. The molecule has 2 atom stereocenters. The van der Waals surface area contributed by atoms with E-state index in [4.69, 9.17) is 0 Å². The van der Waals surface area contributed by atoms with Crippen LogP contribution < -0.4 is 5.32 Å². The minimum absolute atomic E-state index is 0.00970. The Morgan fingerprint density at radius 2 is 2.09 bits per heavy atom. The summed E-state index contributed by atoms with van der Waals surface area (Å²) in [6.07, 6.45) is 3.42. The van der Waals surface area contributed by atoms with Crippen molar-refractivity contribution in [2.45, 2.75) is 46.1 Å². The first-order valence-electron chi connectivity index (χ1n) is 8.27. The highest BCUT2D eigenvalue weighted by Crippen LogP contribution is 2.52. The van der Waals surface area contributed by atoms with Crippen LogP contribution in [0.3, 0.4) is 0 Å². The van der Waals surface area contributed by atoms with E-state index in [1.54, 1.807) is 0 Å². The molecule has 2 unspecified atom stereocenters. The smallest absolute Gasteiger partial charge is 0.321 e. The lowest BCUT2D eigenvalue weighted by Crippen LogP contribution is -2.40. The van der Waals surface area contributed by atoms with Gasteiger partial charge in [0.25, 0.3) is 0 Å². The van der Waals surface area contributed by atoms with Gasteiger partial charge < -0.3 is 4.90 Å². The van der Waals surface area contributed by atoms with E-state index in [2.05, 4.69) is 31.1 Å². The number of amides is 2. The number of carbonyl (C=O) groups is 1. The predicted molar refractivity (Wildman–Crippen MR) is 94.9 cm³/mol. The molecule has 122 valence electrons. The number of para-hydroxylation sites is 1. The molecule has 2 heterocycles. The van der Waals surface area contributed by atoms with E-state index in [0.29, 0.717) is 16.6 Å². The molecule has 23 heavy (non-hydrogen) atoms. The topological polar surface area (TPSA) is 45.2 Å². The number of carbonyl (C=O) groups excluding carboxylic acids is 1. The van der Waals surface area contributed by atoms with Gasteiger partial charge in [-0.3, -0.25) is 5.32 Å². The fourth-order valence-corrected chi connectivity index (χ4v) is 5.64. The SMILES string of the molecule is CC1(C)CC2CC(C)(CN2C(=O)Nc2nc3ccccc3s2)C1. The number of nitrogens with one attached hydrogen (secondary N) is 1. The Balaban J connectivity index is 1.53. The molecule has 1 aliphatic heterocycles. The number of anilines is 1. The van der Waals surface area contributed by atoms with Crippen LogP contribution in [0, 0.1) is 10.8 Å². The summed E-state index contributed by atoms with van der Waals surface area (Å²) >= 11 is 1.54. The van der Waals surface area contributed by atoms with Crippen LogP contribution >= 0.6 is 11.3 Å². The summed E-state index contributed by atoms with van der Waals surface area (Å²) in [6.45, 7) is 7.84. The number of thiazole rings is 1. The summed E-state index contributed by atoms with van der Waals surface area (Å²) in [5.74, 6) is 0. The highest BCUT2D eigenvalue weighted by Gasteiger charge is 2.51. The van der Waals surface area contributed by atoms with Crippen LogP contribution in [0.25, 0.3) is 10.2 Å². The number of rotatable bonds is 1. The van der Waals surface area contributed by atoms with Crippen molar-refractivity contribution >= 4 is 32.7 Å². The zero-order chi connectivity index (χ0) is 16.2. The van der Waals surface area contributed by atoms with Gasteiger partial charge in [0.05, 0.1) is 10.2 Å². The maximum Gasteiger partial charge on any atom is 0.323 e. The summed E-state index contributed by atoms with van der Waals surface area (Å²) in [4.78, 5) is 19.3. The molecule has 2 aromatic rings. The van der Waals surface area contributed by atoms with Crippen molar-refractivity contribution in [2.24, 2.45) is 10.8 Å². The summed E-state index contributed by atoms with van der Waals surface area (Å²) in [7, 11) is 0. The lowest BCUT2D eigenvalue weighted by atomic mass is 9.65. The molecule has 2 amide bonds. The van der Waals surface area contributed by atoms with E-state index < -0.39 is 0 Å². The van der Waals surface area contributed by atoms with E-state index in [1.165, 1.54) is 17.8 Å². The van der Waals surface area contributed by atoms with E-state index in [9.17, 15) is 4.79 Å². The second-order valence-corrected chi connectivity index (χ2v) is 9.29. The second kappa shape index (κ2) is 4.94. The lowest BCUT2D eigenvalue weighted by molar-refractivity contribution is 0.130. The first-order chi connectivity index (χ1) is 10.8. The number of fused-ring (bicyclic) bond motifs is 3. The van der Waals surface area contributed by atoms with Gasteiger partial charge in [0.2, 0.25) is 0 Å². The molecule has 1 saturated carbocycles. The van der Waals surface area contributed by atoms with Gasteiger partial charge in [-0.1, -0.05) is 44.2 Å². The molecule has 0 spiro atoms. The summed E-state index contributed by atoms with van der Waals surface area (Å²) in [5.41, 5.74) is 1.53. The average Bonchev–Trinajstić information content (AvgIpc) is 2.95. The summed E-state index contributed by atoms with van der Waals surface area (Å²) < 4.78 is 1.11. The molecule has 2 bridgehead atoms. The molecular formula is C18H23N3OS. The highest BCUT2D eigenvalue weighted by atomic mass is 32.1. The van der Waals surface area contributed by atoms with E-state index in [0.717, 1.165) is 29.6 Å². The number of nitrogens with zero attached hydrogens (tertiary/aromatic N) is 2. The number of aromatic nitrogens is 1. The normalized spacial score (nSPS) is 29.0. The Morgan fingerprint density at radius 1 is 1.30 bits per heavy atom. The summed E-state index contributed by atoms with van der Waals surface area (Å²) in [6, 6.07) is 8.36. The van der Waals surface area contributed by atoms with Gasteiger partial charge in [0, 0.05) is 12.6 Å². The van der Waals surface area contributed by atoms with Gasteiger partial charge >= 0.3 is 6.03 Å². The van der Waals surface area contributed by atoms with Crippen LogP contribution in [0.15, 0.2) is 24.3 Å². The third-order valence-corrected chi connectivity index (χ3v) is 6.14. The third kappa shape index (κ3) is 2.71. The highest BCUT2D eigenvalue weighted by molar-refractivity contribution is 7.22. The van der Waals surface area contributed by atoms with Crippen LogP contribution in [0.5, 0.6) is 0 Å². The van der Waals surface area contributed by atoms with Crippen LogP contribution in [0.1, 0.15) is 40.0 Å². The van der Waals surface area contributed by atoms with Crippen molar-refractivity contribution in [3.05, 3.63) is 24.3 Å². The number of hydrogen-bond donors (Lipinski definition) is 1. The van der Waals surface area contributed by atoms with Gasteiger partial charge in [-0.25, -0.2) is 9.78 Å². The monoisotopic (exact) mass is 329 g/mol. The van der Waals surface area contributed by atoms with Crippen molar-refractivity contribution in [3.8, 4) is 0 Å². The van der Waals surface area contributed by atoms with Gasteiger partial charge in [-0.15, -0.1) is 0 Å². The minimum atomic E-state index is 0.00970. The van der Waals surface area contributed by atoms with E-state index in [1.807, 2.05) is 29.2 Å². The van der Waals surface area contributed by atoms with Crippen LogP contribution in [-0.4, -0.2) is 28.5 Å². The van der Waals surface area contributed by atoms with Crippen LogP contribution in [0.2, 0.25) is 0 Å². The molecule has 2 aliphatic rings. The van der Waals surface area contributed by atoms with E-state index >= 15 is 0 Å². The molecular weight excluding hydrogens is 306 g/mol. The Bertz CT molecular complexity index is 735. The van der Waals surface area contributed by atoms with Crippen molar-refractivity contribution < 1.29 is 4.79 Å². The Morgan fingerprint density at radius 3 is 2.87 bits per heavy atom. The largest absolute Gasteiger partial charge is 0.323 e. The lowest BCUT2D eigenvalue weighted by Gasteiger charge is -2.39. The maximum absolute atomic E-state index is 12.8. The first-order valence-corrected chi connectivity index (χ1v) is 9.09. The van der Waals surface area contributed by atoms with Gasteiger partial charge in [0.15, 0.2) is 5.13 Å². The zero-order valence-electron chi connectivity index (χ0n) is 13.9. The summed E-state index contributed by atoms with van der Waals surface area (Å²) in [5, 5.41) is 3.72. The van der Waals surface area contributed by atoms with E-state index in [-0.39, 0.29) is 11.4 Å². The molecule has 1 N–H and O–H groups in total. The molecule has 1 aliphatic carbocycles. The van der Waals surface area contributed by atoms with Crippen LogP contribution in [0.4, 0.5) is 9.93 Å². The van der Waals surface area contributed by atoms with Gasteiger partial charge in [-0.2, -0.15) is 0 Å². The Hall–Kier alpha value is -1.62. The van der Waals surface area contributed by atoms with Crippen molar-refractivity contribution in [1.82, 2.24) is 9.88 Å². The second-order valence-electron chi connectivity index (χ2n) is 8.26. The number of benzene rings is 1. The van der Waals surface area contributed by atoms with Crippen molar-refractivity contribution in [1.29, 1.82) is 0 Å². The average molecular weight is 329 g/mol. The fourth-order valence-electron chi connectivity index (χ4n) is 4.79. The number of hydrogen-bond acceptors (Lipinski definition) is 3. The van der Waals surface area contributed by atoms with Crippen LogP contribution in [-0.2, 0) is 0 Å². The number of likely N-dealkylation sites (tertiary alicyclic amines) is 1. The zero-order valence-corrected chi connectivity index (χ0v) is 14.7. The first kappa shape index (κ1) is 14.9. The van der Waals surface area contributed by atoms with Crippen molar-refractivity contribution in [2.75, 3.05) is 11.9 Å². The molecule has 1 saturated heterocycles. The molecule has 1 aromatic heterocycles.